The van der Waals surface area contributed by atoms with Crippen LogP contribution in [0.3, 0.4) is 0 Å². The monoisotopic (exact) mass is 248 g/mol. The molecule has 96 valence electrons. The second-order valence-corrected chi connectivity index (χ2v) is 4.68. The lowest BCUT2D eigenvalue weighted by atomic mass is 9.95. The molecule has 3 rings (SSSR count). The molecular formula is C13H16N2O3. The number of carbonyl (C=O) groups is 1. The predicted octanol–water partition coefficient (Wildman–Crippen LogP) is 2.14. The number of rotatable bonds is 2. The summed E-state index contributed by atoms with van der Waals surface area (Å²) >= 11 is 0. The van der Waals surface area contributed by atoms with Crippen molar-refractivity contribution in [1.29, 1.82) is 0 Å². The van der Waals surface area contributed by atoms with Crippen LogP contribution < -0.4 is 4.74 Å². The van der Waals surface area contributed by atoms with Crippen LogP contribution in [0.2, 0.25) is 0 Å². The maximum absolute atomic E-state index is 11.8. The highest BCUT2D eigenvalue weighted by atomic mass is 16.6. The third-order valence-electron chi connectivity index (χ3n) is 3.70. The molecule has 1 unspecified atom stereocenters. The Morgan fingerprint density at radius 1 is 1.50 bits per heavy atom. The second kappa shape index (κ2) is 4.48. The van der Waals surface area contributed by atoms with Gasteiger partial charge in [-0.25, -0.2) is 4.79 Å². The van der Waals surface area contributed by atoms with Crippen molar-refractivity contribution in [3.63, 3.8) is 0 Å². The Morgan fingerprint density at radius 2 is 2.39 bits per heavy atom. The minimum atomic E-state index is -0.249. The summed E-state index contributed by atoms with van der Waals surface area (Å²) in [5, 5.41) is 0. The number of piperidine rings is 1. The van der Waals surface area contributed by atoms with E-state index in [4.69, 9.17) is 9.47 Å². The van der Waals surface area contributed by atoms with Gasteiger partial charge in [-0.2, -0.15) is 0 Å². The smallest absolute Gasteiger partial charge is 0.410 e. The molecule has 5 heteroatoms. The fraction of sp³-hybridized carbons (Fsp3) is 0.538. The van der Waals surface area contributed by atoms with Crippen LogP contribution in [0.15, 0.2) is 18.5 Å². The van der Waals surface area contributed by atoms with Gasteiger partial charge in [0.05, 0.1) is 18.7 Å². The summed E-state index contributed by atoms with van der Waals surface area (Å²) in [6.45, 7) is 0.794. The number of hydrogen-bond acceptors (Lipinski definition) is 4. The third kappa shape index (κ3) is 1.70. The molecule has 0 saturated carbocycles. The number of ether oxygens (including phenoxy) is 2. The van der Waals surface area contributed by atoms with Crippen molar-refractivity contribution >= 4 is 6.09 Å². The van der Waals surface area contributed by atoms with Crippen LogP contribution in [0.4, 0.5) is 4.79 Å². The summed E-state index contributed by atoms with van der Waals surface area (Å²) in [6.07, 6.45) is 6.12. The number of amides is 1. The van der Waals surface area contributed by atoms with E-state index in [1.807, 2.05) is 4.90 Å². The lowest BCUT2D eigenvalue weighted by Gasteiger charge is -2.29. The fourth-order valence-corrected chi connectivity index (χ4v) is 2.82. The van der Waals surface area contributed by atoms with Gasteiger partial charge in [-0.3, -0.25) is 4.98 Å². The molecule has 1 aromatic heterocycles. The van der Waals surface area contributed by atoms with Crippen LogP contribution in [0, 0.1) is 0 Å². The molecule has 1 aromatic rings. The highest BCUT2D eigenvalue weighted by Gasteiger charge is 2.44. The quantitative estimate of drug-likeness (QED) is 0.804. The van der Waals surface area contributed by atoms with Gasteiger partial charge in [-0.1, -0.05) is 0 Å². The molecular weight excluding hydrogens is 232 g/mol. The van der Waals surface area contributed by atoms with E-state index in [2.05, 4.69) is 4.98 Å². The number of aromatic nitrogens is 1. The maximum atomic E-state index is 11.8. The first-order valence-corrected chi connectivity index (χ1v) is 6.26. The van der Waals surface area contributed by atoms with E-state index < -0.39 is 0 Å². The van der Waals surface area contributed by atoms with Crippen molar-refractivity contribution < 1.29 is 14.3 Å². The zero-order valence-electron chi connectivity index (χ0n) is 10.3. The van der Waals surface area contributed by atoms with Crippen molar-refractivity contribution in [2.75, 3.05) is 13.7 Å². The Kier molecular flexibility index (Phi) is 2.81. The molecule has 1 amide bonds. The number of methoxy groups -OCH3 is 1. The van der Waals surface area contributed by atoms with Crippen molar-refractivity contribution in [2.45, 2.75) is 31.4 Å². The van der Waals surface area contributed by atoms with Crippen LogP contribution in [-0.2, 0) is 4.74 Å². The average Bonchev–Trinajstić information content (AvgIpc) is 2.77. The van der Waals surface area contributed by atoms with Gasteiger partial charge in [-0.15, -0.1) is 0 Å². The molecule has 2 aliphatic rings. The number of cyclic esters (lactones) is 1. The molecule has 0 aromatic carbocycles. The van der Waals surface area contributed by atoms with Crippen LogP contribution in [-0.4, -0.2) is 35.7 Å². The molecule has 18 heavy (non-hydrogen) atoms. The summed E-state index contributed by atoms with van der Waals surface area (Å²) in [5.41, 5.74) is 0.864. The molecule has 0 N–H and O–H groups in total. The zero-order chi connectivity index (χ0) is 12.5. The van der Waals surface area contributed by atoms with Gasteiger partial charge in [0.2, 0.25) is 0 Å². The minimum Gasteiger partial charge on any atom is -0.496 e. The van der Waals surface area contributed by atoms with Crippen LogP contribution >= 0.6 is 0 Å². The summed E-state index contributed by atoms with van der Waals surface area (Å²) in [5.74, 6) is 0.732. The van der Waals surface area contributed by atoms with E-state index in [9.17, 15) is 4.79 Å². The Balaban J connectivity index is 1.94. The van der Waals surface area contributed by atoms with Crippen molar-refractivity contribution in [3.05, 3.63) is 24.0 Å². The summed E-state index contributed by atoms with van der Waals surface area (Å²) in [6, 6.07) is 1.93. The van der Waals surface area contributed by atoms with Crippen LogP contribution in [0.25, 0.3) is 0 Å². The molecule has 3 heterocycles. The van der Waals surface area contributed by atoms with Crippen molar-refractivity contribution in [2.24, 2.45) is 0 Å². The molecule has 2 aliphatic heterocycles. The molecule has 2 fully saturated rings. The zero-order valence-corrected chi connectivity index (χ0v) is 10.3. The van der Waals surface area contributed by atoms with E-state index in [-0.39, 0.29) is 18.2 Å². The van der Waals surface area contributed by atoms with Crippen LogP contribution in [0.1, 0.15) is 30.9 Å². The van der Waals surface area contributed by atoms with Gasteiger partial charge < -0.3 is 14.4 Å². The van der Waals surface area contributed by atoms with Gasteiger partial charge in [0, 0.05) is 18.9 Å². The molecule has 0 spiro atoms. The fourth-order valence-electron chi connectivity index (χ4n) is 2.82. The SMILES string of the molecule is COc1ccncc1C1OC(=O)N2CCCC[C@H]12. The van der Waals surface area contributed by atoms with Gasteiger partial charge in [0.25, 0.3) is 0 Å². The topological polar surface area (TPSA) is 51.7 Å². The molecule has 0 radical (unpaired) electrons. The Hall–Kier alpha value is -1.78. The first-order chi connectivity index (χ1) is 8.81. The average molecular weight is 248 g/mol. The Morgan fingerprint density at radius 3 is 3.22 bits per heavy atom. The Labute approximate surface area is 106 Å². The normalized spacial score (nSPS) is 26.7. The number of carbonyl (C=O) groups excluding carboxylic acids is 1. The van der Waals surface area contributed by atoms with Gasteiger partial charge in [0.15, 0.2) is 6.10 Å². The summed E-state index contributed by atoms with van der Waals surface area (Å²) < 4.78 is 10.8. The number of fused-ring (bicyclic) bond motifs is 1. The largest absolute Gasteiger partial charge is 0.496 e. The second-order valence-electron chi connectivity index (χ2n) is 4.68. The van der Waals surface area contributed by atoms with E-state index in [0.29, 0.717) is 0 Å². The lowest BCUT2D eigenvalue weighted by molar-refractivity contribution is 0.128. The van der Waals surface area contributed by atoms with E-state index in [1.165, 1.54) is 0 Å². The molecule has 0 aliphatic carbocycles. The minimum absolute atomic E-state index is 0.129. The maximum Gasteiger partial charge on any atom is 0.410 e. The lowest BCUT2D eigenvalue weighted by Crippen LogP contribution is -2.38. The standard InChI is InChI=1S/C13H16N2O3/c1-17-11-5-6-14-8-9(11)12-10-4-2-3-7-15(10)13(16)18-12/h5-6,8,10,12H,2-4,7H2,1H3/t10-,12?/m1/s1. The Bertz CT molecular complexity index is 463. The van der Waals surface area contributed by atoms with Crippen molar-refractivity contribution in [1.82, 2.24) is 9.88 Å². The first kappa shape index (κ1) is 11.3. The van der Waals surface area contributed by atoms with Gasteiger partial charge >= 0.3 is 6.09 Å². The predicted molar refractivity (Wildman–Crippen MR) is 64.4 cm³/mol. The van der Waals surface area contributed by atoms with Crippen LogP contribution in [0.5, 0.6) is 5.75 Å². The summed E-state index contributed by atoms with van der Waals surface area (Å²) in [7, 11) is 1.62. The number of hydrogen-bond donors (Lipinski definition) is 0. The van der Waals surface area contributed by atoms with Crippen molar-refractivity contribution in [3.8, 4) is 5.75 Å². The molecule has 2 saturated heterocycles. The van der Waals surface area contributed by atoms with Gasteiger partial charge in [0.1, 0.15) is 5.75 Å². The number of pyridine rings is 1. The molecule has 0 bridgehead atoms. The highest BCUT2D eigenvalue weighted by molar-refractivity contribution is 5.71. The van der Waals surface area contributed by atoms with E-state index >= 15 is 0 Å². The van der Waals surface area contributed by atoms with E-state index in [0.717, 1.165) is 37.1 Å². The first-order valence-electron chi connectivity index (χ1n) is 6.26. The number of nitrogens with zero attached hydrogens (tertiary/aromatic N) is 2. The van der Waals surface area contributed by atoms with E-state index in [1.54, 1.807) is 25.6 Å². The molecule has 5 nitrogen and oxygen atoms in total. The highest BCUT2D eigenvalue weighted by Crippen LogP contribution is 2.40. The third-order valence-corrected chi connectivity index (χ3v) is 3.70. The molecule has 2 atom stereocenters. The summed E-state index contributed by atoms with van der Waals surface area (Å²) in [4.78, 5) is 17.8. The van der Waals surface area contributed by atoms with Gasteiger partial charge in [-0.05, 0) is 25.3 Å².